The van der Waals surface area contributed by atoms with Crippen LogP contribution >= 0.6 is 0 Å². The lowest BCUT2D eigenvalue weighted by Gasteiger charge is -2.07. The van der Waals surface area contributed by atoms with Crippen molar-refractivity contribution in [3.05, 3.63) is 72.3 Å². The average Bonchev–Trinajstić information content (AvgIpc) is 2.50. The van der Waals surface area contributed by atoms with Crippen molar-refractivity contribution in [1.82, 2.24) is 0 Å². The van der Waals surface area contributed by atoms with Crippen LogP contribution in [-0.2, 0) is 0 Å². The third-order valence-electron chi connectivity index (χ3n) is 3.33. The highest BCUT2D eigenvalue weighted by molar-refractivity contribution is 5.99. The predicted molar refractivity (Wildman–Crippen MR) is 90.0 cm³/mol. The molecule has 3 N–H and O–H groups in total. The molecule has 0 bridgehead atoms. The largest absolute Gasteiger partial charge is 0.369 e. The van der Waals surface area contributed by atoms with E-state index in [-0.39, 0.29) is 0 Å². The van der Waals surface area contributed by atoms with E-state index in [4.69, 9.17) is 5.73 Å². The van der Waals surface area contributed by atoms with Gasteiger partial charge in [-0.15, -0.1) is 0 Å². The van der Waals surface area contributed by atoms with Crippen LogP contribution in [0.3, 0.4) is 0 Å². The van der Waals surface area contributed by atoms with Gasteiger partial charge in [0.15, 0.2) is 5.96 Å². The summed E-state index contributed by atoms with van der Waals surface area (Å²) in [5.74, 6) is 0.384. The Kier molecular flexibility index (Phi) is 3.56. The van der Waals surface area contributed by atoms with Gasteiger partial charge in [-0.3, -0.25) is 0 Å². The summed E-state index contributed by atoms with van der Waals surface area (Å²) in [6.45, 7) is 2.05. The smallest absolute Gasteiger partial charge is 0.198 e. The Morgan fingerprint density at radius 3 is 2.43 bits per heavy atom. The summed E-state index contributed by atoms with van der Waals surface area (Å²) < 4.78 is 0. The number of nitrogens with two attached hydrogens (primary N) is 1. The zero-order valence-corrected chi connectivity index (χ0v) is 11.9. The third-order valence-corrected chi connectivity index (χ3v) is 3.33. The minimum Gasteiger partial charge on any atom is -0.369 e. The lowest BCUT2D eigenvalue weighted by Crippen LogP contribution is -2.21. The molecule has 3 heteroatoms. The number of hydrogen-bond acceptors (Lipinski definition) is 1. The summed E-state index contributed by atoms with van der Waals surface area (Å²) in [6.07, 6.45) is 0. The van der Waals surface area contributed by atoms with E-state index in [9.17, 15) is 0 Å². The van der Waals surface area contributed by atoms with Crippen LogP contribution in [0, 0.1) is 6.92 Å². The van der Waals surface area contributed by atoms with Crippen molar-refractivity contribution in [2.24, 2.45) is 10.7 Å². The monoisotopic (exact) mass is 275 g/mol. The van der Waals surface area contributed by atoms with Gasteiger partial charge in [-0.2, -0.15) is 0 Å². The minimum absolute atomic E-state index is 0.384. The fraction of sp³-hybridized carbons (Fsp3) is 0.0556. The first-order valence-corrected chi connectivity index (χ1v) is 6.88. The van der Waals surface area contributed by atoms with E-state index in [0.29, 0.717) is 5.96 Å². The molecule has 0 heterocycles. The van der Waals surface area contributed by atoms with Gasteiger partial charge in [-0.25, -0.2) is 4.99 Å². The van der Waals surface area contributed by atoms with Crippen LogP contribution in [0.5, 0.6) is 0 Å². The van der Waals surface area contributed by atoms with Crippen LogP contribution in [-0.4, -0.2) is 5.96 Å². The van der Waals surface area contributed by atoms with Crippen LogP contribution in [0.4, 0.5) is 11.4 Å². The molecular formula is C18H17N3. The number of aryl methyl sites for hydroxylation is 1. The lowest BCUT2D eigenvalue weighted by atomic mass is 10.1. The summed E-state index contributed by atoms with van der Waals surface area (Å²) in [7, 11) is 0. The number of rotatable bonds is 2. The van der Waals surface area contributed by atoms with Crippen LogP contribution in [0.15, 0.2) is 71.7 Å². The molecule has 0 spiro atoms. The van der Waals surface area contributed by atoms with Gasteiger partial charge in [0, 0.05) is 11.1 Å². The molecule has 0 saturated heterocycles. The molecule has 0 aromatic heterocycles. The Hall–Kier alpha value is -2.81. The molecule has 0 unspecified atom stereocenters. The number of fused-ring (bicyclic) bond motifs is 1. The SMILES string of the molecule is Cc1ccc(NC(N)=Nc2cccc3ccccc23)cc1. The molecule has 21 heavy (non-hydrogen) atoms. The Balaban J connectivity index is 1.90. The summed E-state index contributed by atoms with van der Waals surface area (Å²) in [5, 5.41) is 5.36. The first-order valence-electron chi connectivity index (χ1n) is 6.88. The molecule has 0 amide bonds. The Labute approximate surface area is 124 Å². The number of nitrogens with one attached hydrogen (secondary N) is 1. The molecule has 3 aromatic carbocycles. The Morgan fingerprint density at radius 1 is 0.905 bits per heavy atom. The van der Waals surface area contributed by atoms with Gasteiger partial charge < -0.3 is 11.1 Å². The molecule has 0 aliphatic heterocycles. The Morgan fingerprint density at radius 2 is 1.62 bits per heavy atom. The number of anilines is 1. The summed E-state index contributed by atoms with van der Waals surface area (Å²) in [5.41, 5.74) is 9.02. The standard InChI is InChI=1S/C18H17N3/c1-13-9-11-15(12-10-13)20-18(19)21-17-8-4-6-14-5-2-3-7-16(14)17/h2-12H,1H3,(H3,19,20,21). The highest BCUT2D eigenvalue weighted by atomic mass is 15.1. The van der Waals surface area contributed by atoms with Gasteiger partial charge in [0.25, 0.3) is 0 Å². The number of aliphatic imine (C=N–C) groups is 1. The van der Waals surface area contributed by atoms with Gasteiger partial charge in [-0.1, -0.05) is 54.1 Å². The maximum absolute atomic E-state index is 6.01. The van der Waals surface area contributed by atoms with E-state index in [1.165, 1.54) is 5.56 Å². The zero-order valence-electron chi connectivity index (χ0n) is 11.9. The number of nitrogens with zero attached hydrogens (tertiary/aromatic N) is 1. The van der Waals surface area contributed by atoms with E-state index in [1.807, 2.05) is 54.6 Å². The number of hydrogen-bond donors (Lipinski definition) is 2. The first kappa shape index (κ1) is 13.2. The molecule has 0 aliphatic carbocycles. The van der Waals surface area contributed by atoms with Crippen LogP contribution < -0.4 is 11.1 Å². The predicted octanol–water partition coefficient (Wildman–Crippen LogP) is 4.21. The molecule has 3 nitrogen and oxygen atoms in total. The first-order chi connectivity index (χ1) is 10.2. The quantitative estimate of drug-likeness (QED) is 0.544. The van der Waals surface area contributed by atoms with Crippen molar-refractivity contribution in [2.45, 2.75) is 6.92 Å². The topological polar surface area (TPSA) is 50.4 Å². The van der Waals surface area contributed by atoms with Crippen molar-refractivity contribution in [1.29, 1.82) is 0 Å². The van der Waals surface area contributed by atoms with Gasteiger partial charge in [0.05, 0.1) is 5.69 Å². The average molecular weight is 275 g/mol. The van der Waals surface area contributed by atoms with Crippen LogP contribution in [0.25, 0.3) is 10.8 Å². The van der Waals surface area contributed by atoms with Crippen molar-refractivity contribution in [2.75, 3.05) is 5.32 Å². The Bertz CT molecular complexity index is 784. The highest BCUT2D eigenvalue weighted by Gasteiger charge is 2.00. The fourth-order valence-electron chi connectivity index (χ4n) is 2.25. The van der Waals surface area contributed by atoms with E-state index in [0.717, 1.165) is 22.1 Å². The van der Waals surface area contributed by atoms with Gasteiger partial charge in [0.2, 0.25) is 0 Å². The molecule has 0 aliphatic rings. The van der Waals surface area contributed by atoms with E-state index >= 15 is 0 Å². The van der Waals surface area contributed by atoms with Crippen molar-refractivity contribution >= 4 is 28.1 Å². The van der Waals surface area contributed by atoms with Gasteiger partial charge in [-0.05, 0) is 30.5 Å². The third kappa shape index (κ3) is 3.03. The van der Waals surface area contributed by atoms with E-state index in [2.05, 4.69) is 29.4 Å². The molecule has 0 radical (unpaired) electrons. The summed E-state index contributed by atoms with van der Waals surface area (Å²) >= 11 is 0. The van der Waals surface area contributed by atoms with Crippen molar-refractivity contribution in [3.8, 4) is 0 Å². The summed E-state index contributed by atoms with van der Waals surface area (Å²) in [6, 6.07) is 22.2. The molecule has 3 rings (SSSR count). The van der Waals surface area contributed by atoms with Crippen LogP contribution in [0.2, 0.25) is 0 Å². The highest BCUT2D eigenvalue weighted by Crippen LogP contribution is 2.25. The second-order valence-corrected chi connectivity index (χ2v) is 4.99. The molecule has 3 aromatic rings. The van der Waals surface area contributed by atoms with E-state index < -0.39 is 0 Å². The van der Waals surface area contributed by atoms with Crippen molar-refractivity contribution < 1.29 is 0 Å². The number of guanidine groups is 1. The second-order valence-electron chi connectivity index (χ2n) is 4.99. The lowest BCUT2D eigenvalue weighted by molar-refractivity contribution is 1.43. The molecule has 0 saturated carbocycles. The van der Waals surface area contributed by atoms with Gasteiger partial charge in [0.1, 0.15) is 0 Å². The maximum atomic E-state index is 6.01. The zero-order chi connectivity index (χ0) is 14.7. The van der Waals surface area contributed by atoms with Gasteiger partial charge >= 0.3 is 0 Å². The normalized spacial score (nSPS) is 11.6. The van der Waals surface area contributed by atoms with E-state index in [1.54, 1.807) is 0 Å². The molecular weight excluding hydrogens is 258 g/mol. The fourth-order valence-corrected chi connectivity index (χ4v) is 2.25. The minimum atomic E-state index is 0.384. The molecule has 104 valence electrons. The second kappa shape index (κ2) is 5.67. The van der Waals surface area contributed by atoms with Crippen molar-refractivity contribution in [3.63, 3.8) is 0 Å². The summed E-state index contributed by atoms with van der Waals surface area (Å²) in [4.78, 5) is 4.49. The molecule has 0 fully saturated rings. The van der Waals surface area contributed by atoms with Crippen LogP contribution in [0.1, 0.15) is 5.56 Å². The maximum Gasteiger partial charge on any atom is 0.198 e. The molecule has 0 atom stereocenters. The number of benzene rings is 3.